The van der Waals surface area contributed by atoms with Crippen LogP contribution in [0.1, 0.15) is 27.6 Å². The summed E-state index contributed by atoms with van der Waals surface area (Å²) in [7, 11) is 0. The van der Waals surface area contributed by atoms with Gasteiger partial charge in [-0.3, -0.25) is 4.79 Å². The van der Waals surface area contributed by atoms with E-state index in [1.165, 1.54) is 12.1 Å². The molecule has 0 atom stereocenters. The summed E-state index contributed by atoms with van der Waals surface area (Å²) in [4.78, 5) is 23.8. The number of hydrogen-bond donors (Lipinski definition) is 1. The molecule has 2 aromatic carbocycles. The molecule has 0 spiro atoms. The van der Waals surface area contributed by atoms with Gasteiger partial charge in [0.1, 0.15) is 0 Å². The molecule has 4 nitrogen and oxygen atoms in total. The third-order valence-corrected chi connectivity index (χ3v) is 3.86. The average Bonchev–Trinajstić information content (AvgIpc) is 2.48. The van der Waals surface area contributed by atoms with Crippen LogP contribution in [0.5, 0.6) is 0 Å². The Hall–Kier alpha value is -1.60. The van der Waals surface area contributed by atoms with Crippen LogP contribution in [0.15, 0.2) is 42.5 Å². The highest BCUT2D eigenvalue weighted by Gasteiger charge is 2.13. The molecule has 1 N–H and O–H groups in total. The summed E-state index contributed by atoms with van der Waals surface area (Å²) >= 11 is 8.23. The predicted molar refractivity (Wildman–Crippen MR) is 94.5 cm³/mol. The van der Waals surface area contributed by atoms with Gasteiger partial charge >= 0.3 is 5.97 Å². The average molecular weight is 430 g/mol. The number of rotatable bonds is 4. The zero-order chi connectivity index (χ0) is 16.1. The third-order valence-electron chi connectivity index (χ3n) is 2.83. The van der Waals surface area contributed by atoms with Crippen LogP contribution in [-0.4, -0.2) is 18.5 Å². The molecular weight excluding hydrogens is 417 g/mol. The SMILES string of the molecule is CCOC(=O)c1ccc(NC(=O)c2ccc(I)cc2)cc1Cl. The van der Waals surface area contributed by atoms with Crippen molar-refractivity contribution in [3.05, 3.63) is 62.2 Å². The molecule has 2 rings (SSSR count). The van der Waals surface area contributed by atoms with E-state index in [4.69, 9.17) is 16.3 Å². The van der Waals surface area contributed by atoms with E-state index in [9.17, 15) is 9.59 Å². The van der Waals surface area contributed by atoms with Gasteiger partial charge in [-0.2, -0.15) is 0 Å². The molecule has 114 valence electrons. The Labute approximate surface area is 146 Å². The Kier molecular flexibility index (Phi) is 5.79. The number of anilines is 1. The van der Waals surface area contributed by atoms with E-state index in [-0.39, 0.29) is 23.1 Å². The second-order valence-corrected chi connectivity index (χ2v) is 6.03. The van der Waals surface area contributed by atoms with Gasteiger partial charge in [-0.25, -0.2) is 4.79 Å². The highest BCUT2D eigenvalue weighted by molar-refractivity contribution is 14.1. The summed E-state index contributed by atoms with van der Waals surface area (Å²) in [6, 6.07) is 11.9. The highest BCUT2D eigenvalue weighted by Crippen LogP contribution is 2.22. The molecule has 2 aromatic rings. The Morgan fingerprint density at radius 2 is 1.86 bits per heavy atom. The fraction of sp³-hybridized carbons (Fsp3) is 0.125. The number of esters is 1. The summed E-state index contributed by atoms with van der Waals surface area (Å²) in [6.45, 7) is 2.00. The number of halogens is 2. The van der Waals surface area contributed by atoms with Crippen molar-refractivity contribution in [1.82, 2.24) is 0 Å². The molecule has 0 fully saturated rings. The smallest absolute Gasteiger partial charge is 0.339 e. The molecule has 6 heteroatoms. The number of ether oxygens (including phenoxy) is 1. The molecular formula is C16H13ClINO3. The molecule has 0 saturated heterocycles. The van der Waals surface area contributed by atoms with Crippen molar-refractivity contribution >= 4 is 51.8 Å². The summed E-state index contributed by atoms with van der Waals surface area (Å²) in [5, 5.41) is 2.97. The molecule has 0 heterocycles. The number of benzene rings is 2. The minimum Gasteiger partial charge on any atom is -0.462 e. The Morgan fingerprint density at radius 3 is 2.45 bits per heavy atom. The standard InChI is InChI=1S/C16H13ClINO3/c1-2-22-16(21)13-8-7-12(9-14(13)17)19-15(20)10-3-5-11(18)6-4-10/h3-9H,2H2,1H3,(H,19,20). The van der Waals surface area contributed by atoms with Gasteiger partial charge in [0, 0.05) is 14.8 Å². The molecule has 0 aliphatic carbocycles. The number of carbonyl (C=O) groups is 2. The first-order valence-electron chi connectivity index (χ1n) is 6.55. The van der Waals surface area contributed by atoms with Gasteiger partial charge < -0.3 is 10.1 Å². The van der Waals surface area contributed by atoms with E-state index in [1.807, 2.05) is 12.1 Å². The van der Waals surface area contributed by atoms with Crippen molar-refractivity contribution in [2.45, 2.75) is 6.92 Å². The van der Waals surface area contributed by atoms with E-state index in [0.717, 1.165) is 3.57 Å². The molecule has 0 unspecified atom stereocenters. The van der Waals surface area contributed by atoms with Crippen LogP contribution in [0, 0.1) is 3.57 Å². The first-order valence-corrected chi connectivity index (χ1v) is 8.00. The molecule has 0 aromatic heterocycles. The van der Waals surface area contributed by atoms with Gasteiger partial charge in [-0.05, 0) is 72.0 Å². The molecule has 0 saturated carbocycles. The van der Waals surface area contributed by atoms with Crippen LogP contribution in [0.2, 0.25) is 5.02 Å². The highest BCUT2D eigenvalue weighted by atomic mass is 127. The number of amides is 1. The summed E-state index contributed by atoms with van der Waals surface area (Å²) in [6.07, 6.45) is 0. The van der Waals surface area contributed by atoms with Gasteiger partial charge in [-0.1, -0.05) is 11.6 Å². The third kappa shape index (κ3) is 4.20. The van der Waals surface area contributed by atoms with Gasteiger partial charge in [0.15, 0.2) is 0 Å². The van der Waals surface area contributed by atoms with Crippen molar-refractivity contribution in [3.8, 4) is 0 Å². The second-order valence-electron chi connectivity index (χ2n) is 4.38. The molecule has 0 aliphatic rings. The lowest BCUT2D eigenvalue weighted by Crippen LogP contribution is -2.12. The van der Waals surface area contributed by atoms with Crippen LogP contribution in [0.25, 0.3) is 0 Å². The van der Waals surface area contributed by atoms with Crippen LogP contribution in [-0.2, 0) is 4.74 Å². The maximum absolute atomic E-state index is 12.1. The van der Waals surface area contributed by atoms with E-state index in [1.54, 1.807) is 25.1 Å². The van der Waals surface area contributed by atoms with Gasteiger partial charge in [0.2, 0.25) is 0 Å². The van der Waals surface area contributed by atoms with Crippen molar-refractivity contribution < 1.29 is 14.3 Å². The van der Waals surface area contributed by atoms with Gasteiger partial charge in [0.05, 0.1) is 17.2 Å². The molecule has 0 aliphatic heterocycles. The monoisotopic (exact) mass is 429 g/mol. The Morgan fingerprint density at radius 1 is 1.18 bits per heavy atom. The van der Waals surface area contributed by atoms with Crippen LogP contribution in [0.4, 0.5) is 5.69 Å². The van der Waals surface area contributed by atoms with Crippen molar-refractivity contribution in [3.63, 3.8) is 0 Å². The number of carbonyl (C=O) groups excluding carboxylic acids is 2. The molecule has 1 amide bonds. The summed E-state index contributed by atoms with van der Waals surface area (Å²) in [5.74, 6) is -0.723. The Balaban J connectivity index is 2.13. The fourth-order valence-electron chi connectivity index (χ4n) is 1.77. The first kappa shape index (κ1) is 16.8. The van der Waals surface area contributed by atoms with E-state index in [2.05, 4.69) is 27.9 Å². The van der Waals surface area contributed by atoms with Crippen molar-refractivity contribution in [1.29, 1.82) is 0 Å². The quantitative estimate of drug-likeness (QED) is 0.580. The number of hydrogen-bond acceptors (Lipinski definition) is 3. The summed E-state index contributed by atoms with van der Waals surface area (Å²) < 4.78 is 5.95. The van der Waals surface area contributed by atoms with Crippen LogP contribution >= 0.6 is 34.2 Å². The van der Waals surface area contributed by atoms with Gasteiger partial charge in [0.25, 0.3) is 5.91 Å². The zero-order valence-corrected chi connectivity index (χ0v) is 14.6. The zero-order valence-electron chi connectivity index (χ0n) is 11.7. The lowest BCUT2D eigenvalue weighted by Gasteiger charge is -2.08. The second kappa shape index (κ2) is 7.60. The predicted octanol–water partition coefficient (Wildman–Crippen LogP) is 4.37. The van der Waals surface area contributed by atoms with Crippen molar-refractivity contribution in [2.75, 3.05) is 11.9 Å². The number of nitrogens with one attached hydrogen (secondary N) is 1. The van der Waals surface area contributed by atoms with E-state index < -0.39 is 5.97 Å². The molecule has 22 heavy (non-hydrogen) atoms. The lowest BCUT2D eigenvalue weighted by molar-refractivity contribution is 0.0526. The Bertz CT molecular complexity index is 701. The first-order chi connectivity index (χ1) is 10.5. The molecule has 0 radical (unpaired) electrons. The molecule has 0 bridgehead atoms. The van der Waals surface area contributed by atoms with E-state index >= 15 is 0 Å². The van der Waals surface area contributed by atoms with Crippen LogP contribution < -0.4 is 5.32 Å². The normalized spacial score (nSPS) is 10.1. The maximum atomic E-state index is 12.1. The maximum Gasteiger partial charge on any atom is 0.339 e. The lowest BCUT2D eigenvalue weighted by atomic mass is 10.2. The van der Waals surface area contributed by atoms with Gasteiger partial charge in [-0.15, -0.1) is 0 Å². The van der Waals surface area contributed by atoms with Crippen molar-refractivity contribution in [2.24, 2.45) is 0 Å². The fourth-order valence-corrected chi connectivity index (χ4v) is 2.39. The largest absolute Gasteiger partial charge is 0.462 e. The van der Waals surface area contributed by atoms with E-state index in [0.29, 0.717) is 11.3 Å². The minimum atomic E-state index is -0.483. The summed E-state index contributed by atoms with van der Waals surface area (Å²) in [5.41, 5.74) is 1.34. The topological polar surface area (TPSA) is 55.4 Å². The van der Waals surface area contributed by atoms with Crippen LogP contribution in [0.3, 0.4) is 0 Å². The minimum absolute atomic E-state index is 0.235.